The molecule has 0 radical (unpaired) electrons. The van der Waals surface area contributed by atoms with Crippen molar-refractivity contribution >= 4 is 20.2 Å². The van der Waals surface area contributed by atoms with Crippen LogP contribution in [0.5, 0.6) is 0 Å². The minimum atomic E-state index is -4.69. The number of hydrogen-bond donors (Lipinski definition) is 0. The summed E-state index contributed by atoms with van der Waals surface area (Å²) in [5.41, 5.74) is 1.28. The van der Waals surface area contributed by atoms with Crippen LogP contribution < -0.4 is 0 Å². The maximum absolute atomic E-state index is 14.7. The van der Waals surface area contributed by atoms with Gasteiger partial charge in [0, 0.05) is 135 Å². The Labute approximate surface area is 671 Å². The first kappa shape index (κ1) is 92.7. The highest BCUT2D eigenvalue weighted by Crippen LogP contribution is 2.44. The molecule has 0 aliphatic carbocycles. The normalized spacial score (nSPS) is 42.8. The average Bonchev–Trinajstić information content (AvgIpc) is 0.803. The molecule has 2 aromatic rings. The fraction of sp³-hybridized carbons (Fsp3) is 0.838. The molecule has 0 aromatic heterocycles. The van der Waals surface area contributed by atoms with Crippen LogP contribution in [-0.2, 0) is 191 Å². The Balaban J connectivity index is 1.10. The van der Waals surface area contributed by atoms with Gasteiger partial charge in [0.25, 0.3) is 20.2 Å². The van der Waals surface area contributed by atoms with E-state index >= 15 is 0 Å². The van der Waals surface area contributed by atoms with Gasteiger partial charge in [-0.1, -0.05) is 24.3 Å². The van der Waals surface area contributed by atoms with E-state index in [1.165, 1.54) is 159 Å². The molecule has 0 saturated carbocycles. The van der Waals surface area contributed by atoms with Crippen LogP contribution in [0.15, 0.2) is 58.3 Å². The lowest BCUT2D eigenvalue weighted by Gasteiger charge is -2.52. The van der Waals surface area contributed by atoms with Gasteiger partial charge in [0.1, 0.15) is 171 Å². The van der Waals surface area contributed by atoms with Crippen LogP contribution in [0.1, 0.15) is 11.1 Å². The monoisotopic (exact) mass is 1690 g/mol. The van der Waals surface area contributed by atoms with Gasteiger partial charge in [0.2, 0.25) is 0 Å². The van der Waals surface area contributed by atoms with Crippen molar-refractivity contribution in [2.45, 2.75) is 231 Å². The molecule has 115 heavy (non-hydrogen) atoms. The van der Waals surface area contributed by atoms with E-state index in [1.807, 2.05) is 0 Å². The van der Waals surface area contributed by atoms with Crippen LogP contribution in [-0.4, -0.2) is 413 Å². The Morgan fingerprint density at radius 3 is 0.617 bits per heavy atom. The highest BCUT2D eigenvalue weighted by molar-refractivity contribution is 7.87. The average molecular weight is 1690 g/mol. The molecule has 20 bridgehead atoms. The van der Waals surface area contributed by atoms with Gasteiger partial charge in [0.15, 0.2) is 44.0 Å². The van der Waals surface area contributed by atoms with Crippen LogP contribution in [0, 0.1) is 0 Å². The fourth-order valence-corrected chi connectivity index (χ4v) is 18.6. The minimum Gasteiger partial charge on any atom is -0.382 e. The lowest BCUT2D eigenvalue weighted by molar-refractivity contribution is -0.402. The van der Waals surface area contributed by atoms with Crippen molar-refractivity contribution < 1.29 is 182 Å². The summed E-state index contributed by atoms with van der Waals surface area (Å²) in [6.45, 7) is -2.35. The second-order valence-corrected chi connectivity index (χ2v) is 31.8. The first-order valence-corrected chi connectivity index (χ1v) is 40.4. The van der Waals surface area contributed by atoms with Crippen molar-refractivity contribution in [1.29, 1.82) is 0 Å². The Morgan fingerprint density at radius 1 is 0.243 bits per heavy atom. The molecule has 35 atom stereocenters. The lowest BCUT2D eigenvalue weighted by Crippen LogP contribution is -2.69. The SMILES string of the molecule is COCC1OC2OC3C(COC)OC(OC4C5COS(=O)(=O)c6ccc(cc6)Cc6ccc(cc6)S(=O)(=O)OCC6OC(OC7C(COC)OC(OC1C(OC)C2OC)C(OC)C7OC)C(OC)C(OC)C6OC1OC(COC)C(OC2OC(COC)C(OC(O5)C(OC)C4OC)C(OC)C2OC)C(OC)C1OC)C(OC)C3OC. The minimum absolute atomic E-state index is 0.130. The van der Waals surface area contributed by atoms with Crippen molar-refractivity contribution in [2.24, 2.45) is 0 Å². The molecule has 2 aromatic carbocycles. The third kappa shape index (κ3) is 20.1. The zero-order valence-corrected chi connectivity index (χ0v) is 69.9. The van der Waals surface area contributed by atoms with E-state index in [9.17, 15) is 16.8 Å². The highest BCUT2D eigenvalue weighted by atomic mass is 32.2. The summed E-state index contributed by atoms with van der Waals surface area (Å²) >= 11 is 0. The second-order valence-electron chi connectivity index (χ2n) is 28.5. The maximum Gasteiger partial charge on any atom is 0.297 e. The summed E-state index contributed by atoms with van der Waals surface area (Å²) in [6, 6.07) is 11.9. The third-order valence-electron chi connectivity index (χ3n) is 22.2. The van der Waals surface area contributed by atoms with Gasteiger partial charge in [0.05, 0.1) is 56.0 Å². The van der Waals surface area contributed by atoms with Gasteiger partial charge >= 0.3 is 0 Å². The lowest BCUT2D eigenvalue weighted by atomic mass is 9.94. The first-order valence-electron chi connectivity index (χ1n) is 37.6. The van der Waals surface area contributed by atoms with E-state index < -0.39 is 248 Å². The quantitative estimate of drug-likeness (QED) is 0.124. The Bertz CT molecular complexity index is 3400. The maximum atomic E-state index is 14.7. The zero-order valence-electron chi connectivity index (χ0n) is 68.2. The Kier molecular flexibility index (Phi) is 34.5. The number of rotatable bonds is 24. The van der Waals surface area contributed by atoms with E-state index in [1.54, 1.807) is 24.3 Å². The topological polar surface area (TPSA) is 391 Å². The summed E-state index contributed by atoms with van der Waals surface area (Å²) in [4.78, 5) is -0.479. The van der Waals surface area contributed by atoms with Crippen LogP contribution >= 0.6 is 0 Å². The molecule has 25 rings (SSSR count). The van der Waals surface area contributed by atoms with E-state index in [0.29, 0.717) is 11.1 Å². The van der Waals surface area contributed by atoms with Gasteiger partial charge in [-0.05, 0) is 41.8 Å². The first-order chi connectivity index (χ1) is 55.6. The van der Waals surface area contributed by atoms with Crippen LogP contribution in [0.3, 0.4) is 0 Å². The Morgan fingerprint density at radius 2 is 0.426 bits per heavy atom. The van der Waals surface area contributed by atoms with Crippen molar-refractivity contribution in [3.05, 3.63) is 59.7 Å². The molecule has 16 saturated heterocycles. The fourth-order valence-electron chi connectivity index (χ4n) is 16.8. The molecule has 0 N–H and O–H groups in total. The smallest absolute Gasteiger partial charge is 0.297 e. The number of ether oxygens (including phenoxy) is 33. The van der Waals surface area contributed by atoms with Crippen molar-refractivity contribution in [2.75, 3.05) is 181 Å². The summed E-state index contributed by atoms with van der Waals surface area (Å²) in [6.07, 6.45) is -43.5. The van der Waals surface area contributed by atoms with Gasteiger partial charge in [-0.3, -0.25) is 8.37 Å². The van der Waals surface area contributed by atoms with Crippen molar-refractivity contribution in [3.8, 4) is 0 Å². The molecule has 23 heterocycles. The van der Waals surface area contributed by atoms with Gasteiger partial charge < -0.3 is 156 Å². The molecule has 658 valence electrons. The molecule has 39 nitrogen and oxygen atoms in total. The standard InChI is InChI=1S/C74H116O39S2/c1-79-29-40-47-54(84-6)61(91-13)68(100-40)108-48-41(30-80-2)103-71(64(94-16)55(48)85-7)112-52-45-34-98-114(75,76)38-24-20-36(21-25-38)28-37-22-26-39(27-23-37)115(77,78)99-35-46-53(60(90-12)66(96-18)73(105-46)110-50-43(32-82-4)101-69(107-47)62(92-14)57(50)87-9)113-72-65(95-17)56(86-8)49(42(104-72)31-81-3)109-70-63(93-15)58(88-10)51(44(102-70)33-83-5)111-74(106-45)67(97-19)59(52)89-11/h20-27,40-74H,28-35H2,1-19H3. The van der Waals surface area contributed by atoms with Gasteiger partial charge in [-0.25, -0.2) is 0 Å². The molecule has 0 amide bonds. The van der Waals surface area contributed by atoms with Crippen LogP contribution in [0.2, 0.25) is 0 Å². The number of hydrogen-bond acceptors (Lipinski definition) is 39. The second kappa shape index (κ2) is 42.8. The number of fused-ring (bicyclic) bond motifs is 3. The molecule has 23 aliphatic heterocycles. The van der Waals surface area contributed by atoms with E-state index in [-0.39, 0.29) is 49.2 Å². The van der Waals surface area contributed by atoms with Crippen LogP contribution in [0.25, 0.3) is 0 Å². The molecule has 0 spiro atoms. The molecular weight excluding hydrogens is 1580 g/mol. The summed E-state index contributed by atoms with van der Waals surface area (Å²) in [7, 11) is 17.8. The number of benzene rings is 2. The van der Waals surface area contributed by atoms with E-state index in [2.05, 4.69) is 0 Å². The van der Waals surface area contributed by atoms with Gasteiger partial charge in [-0.2, -0.15) is 16.8 Å². The van der Waals surface area contributed by atoms with E-state index in [4.69, 9.17) is 165 Å². The summed E-state index contributed by atoms with van der Waals surface area (Å²) in [5.74, 6) is 0. The predicted octanol–water partition coefficient (Wildman–Crippen LogP) is -0.0721. The van der Waals surface area contributed by atoms with Crippen LogP contribution in [0.4, 0.5) is 0 Å². The van der Waals surface area contributed by atoms with E-state index in [0.717, 1.165) is 0 Å². The molecule has 41 heteroatoms. The molecular formula is C74H116O39S2. The largest absolute Gasteiger partial charge is 0.382 e. The van der Waals surface area contributed by atoms with Crippen molar-refractivity contribution in [1.82, 2.24) is 0 Å². The Hall–Kier alpha value is -3.06. The summed E-state index contributed by atoms with van der Waals surface area (Å²) in [5, 5.41) is 0. The van der Waals surface area contributed by atoms with Crippen molar-refractivity contribution in [3.63, 3.8) is 0 Å². The number of methoxy groups -OCH3 is 19. The van der Waals surface area contributed by atoms with Gasteiger partial charge in [-0.15, -0.1) is 0 Å². The molecule has 16 fully saturated rings. The molecule has 23 aliphatic rings. The summed E-state index contributed by atoms with van der Waals surface area (Å²) < 4.78 is 287. The highest BCUT2D eigenvalue weighted by Gasteiger charge is 2.63. The predicted molar refractivity (Wildman–Crippen MR) is 387 cm³/mol. The zero-order chi connectivity index (χ0) is 82.6. The third-order valence-corrected chi connectivity index (χ3v) is 24.8. The molecule has 35 unspecified atom stereocenters.